The first-order valence-electron chi connectivity index (χ1n) is 13.5. The van der Waals surface area contributed by atoms with Gasteiger partial charge in [-0.15, -0.1) is 0 Å². The van der Waals surface area contributed by atoms with E-state index in [0.717, 1.165) is 35.5 Å². The van der Waals surface area contributed by atoms with Crippen molar-refractivity contribution in [2.24, 2.45) is 12.0 Å². The number of hydrogen-bond donors (Lipinski definition) is 3. The SMILES string of the molecule is CCCc1nn(C)c2c(=O)[nH]c(-c3cc(NC(=NCc4ccccc4)Nc4ccccc4)ccc3OCC)nc12. The number of benzene rings is 3. The van der Waals surface area contributed by atoms with Gasteiger partial charge < -0.3 is 20.4 Å². The number of aromatic amines is 1. The lowest BCUT2D eigenvalue weighted by molar-refractivity contribution is 0.341. The molecule has 0 aliphatic carbocycles. The third-order valence-corrected chi connectivity index (χ3v) is 6.35. The van der Waals surface area contributed by atoms with E-state index in [1.54, 1.807) is 11.7 Å². The Morgan fingerprint density at radius 1 is 0.975 bits per heavy atom. The maximum atomic E-state index is 13.1. The van der Waals surface area contributed by atoms with Crippen molar-refractivity contribution >= 4 is 28.4 Å². The normalized spacial score (nSPS) is 11.5. The van der Waals surface area contributed by atoms with E-state index in [0.29, 0.717) is 47.3 Å². The summed E-state index contributed by atoms with van der Waals surface area (Å²) in [6.45, 7) is 4.98. The van der Waals surface area contributed by atoms with E-state index in [4.69, 9.17) is 14.7 Å². The van der Waals surface area contributed by atoms with E-state index in [2.05, 4.69) is 27.6 Å². The van der Waals surface area contributed by atoms with Crippen LogP contribution in [0.1, 0.15) is 31.5 Å². The molecule has 0 amide bonds. The van der Waals surface area contributed by atoms with Gasteiger partial charge in [-0.2, -0.15) is 5.10 Å². The predicted octanol–water partition coefficient (Wildman–Crippen LogP) is 5.76. The van der Waals surface area contributed by atoms with E-state index in [-0.39, 0.29) is 5.56 Å². The van der Waals surface area contributed by atoms with Gasteiger partial charge in [0, 0.05) is 18.4 Å². The minimum Gasteiger partial charge on any atom is -0.493 e. The molecule has 0 spiro atoms. The third-order valence-electron chi connectivity index (χ3n) is 6.35. The van der Waals surface area contributed by atoms with Crippen LogP contribution >= 0.6 is 0 Å². The van der Waals surface area contributed by atoms with E-state index in [1.165, 1.54) is 0 Å². The lowest BCUT2D eigenvalue weighted by Crippen LogP contribution is -2.22. The van der Waals surface area contributed by atoms with Gasteiger partial charge in [-0.1, -0.05) is 61.9 Å². The zero-order valence-electron chi connectivity index (χ0n) is 22.9. The highest BCUT2D eigenvalue weighted by Crippen LogP contribution is 2.31. The number of aryl methyl sites for hydroxylation is 2. The van der Waals surface area contributed by atoms with E-state index in [9.17, 15) is 4.79 Å². The van der Waals surface area contributed by atoms with Crippen LogP contribution in [0.5, 0.6) is 5.75 Å². The Morgan fingerprint density at radius 3 is 2.42 bits per heavy atom. The molecule has 40 heavy (non-hydrogen) atoms. The van der Waals surface area contributed by atoms with Crippen molar-refractivity contribution in [1.29, 1.82) is 0 Å². The number of nitrogens with one attached hydrogen (secondary N) is 3. The van der Waals surface area contributed by atoms with Crippen LogP contribution in [0.2, 0.25) is 0 Å². The fourth-order valence-corrected chi connectivity index (χ4v) is 4.51. The molecule has 5 rings (SSSR count). The molecule has 2 aromatic heterocycles. The highest BCUT2D eigenvalue weighted by atomic mass is 16.5. The molecule has 9 nitrogen and oxygen atoms in total. The monoisotopic (exact) mass is 535 g/mol. The second kappa shape index (κ2) is 12.3. The highest BCUT2D eigenvalue weighted by molar-refractivity contribution is 6.04. The average Bonchev–Trinajstić information content (AvgIpc) is 3.29. The van der Waals surface area contributed by atoms with Crippen molar-refractivity contribution in [3.8, 4) is 17.1 Å². The van der Waals surface area contributed by atoms with Crippen molar-refractivity contribution in [1.82, 2.24) is 19.7 Å². The molecule has 0 unspecified atom stereocenters. The molecule has 9 heteroatoms. The molecule has 3 aromatic carbocycles. The molecule has 0 atom stereocenters. The minimum atomic E-state index is -0.242. The molecule has 0 saturated carbocycles. The highest BCUT2D eigenvalue weighted by Gasteiger charge is 2.18. The fraction of sp³-hybridized carbons (Fsp3) is 0.226. The molecule has 3 N–H and O–H groups in total. The van der Waals surface area contributed by atoms with E-state index >= 15 is 0 Å². The molecule has 5 aromatic rings. The number of rotatable bonds is 9. The zero-order valence-corrected chi connectivity index (χ0v) is 22.9. The van der Waals surface area contributed by atoms with Crippen LogP contribution in [0, 0.1) is 0 Å². The molecule has 0 aliphatic rings. The maximum absolute atomic E-state index is 13.1. The van der Waals surface area contributed by atoms with Gasteiger partial charge in [0.1, 0.15) is 17.1 Å². The molecule has 2 heterocycles. The Hall–Kier alpha value is -4.92. The summed E-state index contributed by atoms with van der Waals surface area (Å²) in [5, 5.41) is 11.3. The number of fused-ring (bicyclic) bond motifs is 1. The Balaban J connectivity index is 1.54. The van der Waals surface area contributed by atoms with Gasteiger partial charge >= 0.3 is 0 Å². The Kier molecular flexibility index (Phi) is 8.20. The van der Waals surface area contributed by atoms with Crippen LogP contribution in [0.25, 0.3) is 22.4 Å². The van der Waals surface area contributed by atoms with Crippen LogP contribution in [-0.4, -0.2) is 32.3 Å². The number of H-pyrrole nitrogens is 1. The Labute approximate surface area is 233 Å². The third kappa shape index (κ3) is 6.04. The molecule has 204 valence electrons. The summed E-state index contributed by atoms with van der Waals surface area (Å²) in [4.78, 5) is 25.7. The number of ether oxygens (including phenoxy) is 1. The number of anilines is 2. The summed E-state index contributed by atoms with van der Waals surface area (Å²) in [7, 11) is 1.77. The Bertz CT molecular complexity index is 1680. The van der Waals surface area contributed by atoms with Gasteiger partial charge in [0.15, 0.2) is 5.52 Å². The van der Waals surface area contributed by atoms with Gasteiger partial charge in [0.25, 0.3) is 5.56 Å². The number of nitrogens with zero attached hydrogens (tertiary/aromatic N) is 4. The smallest absolute Gasteiger partial charge is 0.277 e. The molecule has 0 radical (unpaired) electrons. The topological polar surface area (TPSA) is 109 Å². The van der Waals surface area contributed by atoms with E-state index in [1.807, 2.05) is 85.8 Å². The second-order valence-electron chi connectivity index (χ2n) is 9.34. The van der Waals surface area contributed by atoms with Crippen molar-refractivity contribution in [3.05, 3.63) is 100 Å². The quantitative estimate of drug-likeness (QED) is 0.164. The number of para-hydroxylation sites is 1. The van der Waals surface area contributed by atoms with Gasteiger partial charge in [0.2, 0.25) is 5.96 Å². The second-order valence-corrected chi connectivity index (χ2v) is 9.34. The summed E-state index contributed by atoms with van der Waals surface area (Å²) in [6.07, 6.45) is 1.64. The van der Waals surface area contributed by atoms with E-state index < -0.39 is 0 Å². The van der Waals surface area contributed by atoms with Crippen LogP contribution in [-0.2, 0) is 20.0 Å². The maximum Gasteiger partial charge on any atom is 0.277 e. The molecule has 0 saturated heterocycles. The fourth-order valence-electron chi connectivity index (χ4n) is 4.51. The largest absolute Gasteiger partial charge is 0.493 e. The first-order valence-corrected chi connectivity index (χ1v) is 13.5. The van der Waals surface area contributed by atoms with Crippen molar-refractivity contribution in [2.75, 3.05) is 17.2 Å². The lowest BCUT2D eigenvalue weighted by Gasteiger charge is -2.16. The van der Waals surface area contributed by atoms with Gasteiger partial charge in [0.05, 0.1) is 24.4 Å². The molecular formula is C31H33N7O2. The summed E-state index contributed by atoms with van der Waals surface area (Å²) in [5.74, 6) is 1.63. The van der Waals surface area contributed by atoms with Crippen molar-refractivity contribution in [2.45, 2.75) is 33.2 Å². The standard InChI is InChI=1S/C31H33N7O2/c1-4-12-25-27-28(38(3)37-25)30(39)36-29(35-27)24-19-23(17-18-26(24)40-5-2)34-31(33-22-15-10-7-11-16-22)32-20-21-13-8-6-9-14-21/h6-11,13-19H,4-5,12,20H2,1-3H3,(H2,32,33,34)(H,35,36,39). The summed E-state index contributed by atoms with van der Waals surface area (Å²) in [6, 6.07) is 25.6. The summed E-state index contributed by atoms with van der Waals surface area (Å²) >= 11 is 0. The lowest BCUT2D eigenvalue weighted by atomic mass is 10.1. The van der Waals surface area contributed by atoms with Crippen molar-refractivity contribution < 1.29 is 4.74 Å². The summed E-state index contributed by atoms with van der Waals surface area (Å²) < 4.78 is 7.53. The Morgan fingerprint density at radius 2 is 1.70 bits per heavy atom. The first-order chi connectivity index (χ1) is 19.6. The van der Waals surface area contributed by atoms with Gasteiger partial charge in [-0.3, -0.25) is 9.48 Å². The molecular weight excluding hydrogens is 502 g/mol. The van der Waals surface area contributed by atoms with Crippen molar-refractivity contribution in [3.63, 3.8) is 0 Å². The van der Waals surface area contributed by atoms with Gasteiger partial charge in [-0.05, 0) is 49.2 Å². The van der Waals surface area contributed by atoms with Crippen LogP contribution in [0.4, 0.5) is 11.4 Å². The predicted molar refractivity (Wildman–Crippen MR) is 161 cm³/mol. The molecule has 0 fully saturated rings. The van der Waals surface area contributed by atoms with Crippen LogP contribution in [0.3, 0.4) is 0 Å². The van der Waals surface area contributed by atoms with Crippen LogP contribution in [0.15, 0.2) is 88.6 Å². The van der Waals surface area contributed by atoms with Gasteiger partial charge in [-0.25, -0.2) is 9.98 Å². The zero-order chi connectivity index (χ0) is 27.9. The first kappa shape index (κ1) is 26.7. The molecule has 0 bridgehead atoms. The average molecular weight is 536 g/mol. The minimum absolute atomic E-state index is 0.242. The number of aliphatic imine (C=N–C) groups is 1. The number of guanidine groups is 1. The number of hydrogen-bond acceptors (Lipinski definition) is 5. The van der Waals surface area contributed by atoms with Crippen LogP contribution < -0.4 is 20.9 Å². The summed E-state index contributed by atoms with van der Waals surface area (Å²) in [5.41, 5.74) is 5.07. The molecule has 0 aliphatic heterocycles. The number of aromatic nitrogens is 4.